The third kappa shape index (κ3) is 8.53. The van der Waals surface area contributed by atoms with Gasteiger partial charge in [0.1, 0.15) is 49.4 Å². The van der Waals surface area contributed by atoms with Crippen molar-refractivity contribution in [2.24, 2.45) is 0 Å². The summed E-state index contributed by atoms with van der Waals surface area (Å²) in [5.74, 6) is 3.61. The topological polar surface area (TPSA) is 100 Å². The number of benzene rings is 4. The van der Waals surface area contributed by atoms with Gasteiger partial charge in [0.25, 0.3) is 0 Å². The minimum atomic E-state index is -0.679. The molecule has 8 aromatic rings. The van der Waals surface area contributed by atoms with Crippen molar-refractivity contribution in [2.75, 3.05) is 26.4 Å². The normalized spacial score (nSPS) is 22.9. The Balaban J connectivity index is 1.24. The summed E-state index contributed by atoms with van der Waals surface area (Å²) in [5.41, 5.74) is 18.4. The lowest BCUT2D eigenvalue weighted by molar-refractivity contribution is 0.230. The van der Waals surface area contributed by atoms with E-state index in [1.807, 2.05) is 0 Å². The van der Waals surface area contributed by atoms with E-state index in [4.69, 9.17) is 18.9 Å². The molecule has 0 radical (unpaired) electrons. The highest BCUT2D eigenvalue weighted by Gasteiger charge is 2.44. The summed E-state index contributed by atoms with van der Waals surface area (Å²) in [7, 11) is 0. The molecule has 406 valence electrons. The first kappa shape index (κ1) is 51.9. The highest BCUT2D eigenvalue weighted by molar-refractivity contribution is 5.58. The highest BCUT2D eigenvalue weighted by atomic mass is 16.5. The lowest BCUT2D eigenvalue weighted by Gasteiger charge is -2.35. The highest BCUT2D eigenvalue weighted by Crippen LogP contribution is 2.48. The molecule has 4 aliphatic rings. The fourth-order valence-electron chi connectivity index (χ4n) is 12.9. The van der Waals surface area contributed by atoms with Crippen molar-refractivity contribution in [1.29, 1.82) is 0 Å². The molecule has 8 heterocycles. The molecule has 4 aliphatic heterocycles. The van der Waals surface area contributed by atoms with Gasteiger partial charge in [-0.25, -0.2) is 0 Å². The van der Waals surface area contributed by atoms with Gasteiger partial charge >= 0.3 is 0 Å². The van der Waals surface area contributed by atoms with Crippen LogP contribution in [0.1, 0.15) is 204 Å². The molecule has 0 amide bonds. The van der Waals surface area contributed by atoms with Gasteiger partial charge in [0.2, 0.25) is 0 Å². The fraction of sp³-hybridized carbons (Fsp3) is 0.429. The summed E-state index contributed by atoms with van der Waals surface area (Å²) in [4.78, 5) is 16.4. The second-order valence-corrected chi connectivity index (χ2v) is 27.7. The summed E-state index contributed by atoms with van der Waals surface area (Å²) in [6, 6.07) is 39.5. The number of nitrogens with one attached hydrogen (secondary N) is 4. The summed E-state index contributed by atoms with van der Waals surface area (Å²) in [5, 5.41) is 0. The Labute approximate surface area is 463 Å². The zero-order valence-corrected chi connectivity index (χ0v) is 49.1. The smallest absolute Gasteiger partial charge is 0.126 e. The molecular formula is C70H82N4O4. The van der Waals surface area contributed by atoms with Crippen LogP contribution in [0.4, 0.5) is 0 Å². The third-order valence-electron chi connectivity index (χ3n) is 18.6. The van der Waals surface area contributed by atoms with Crippen LogP contribution in [0.5, 0.6) is 23.0 Å². The average molecular weight is 1040 g/mol. The lowest BCUT2D eigenvalue weighted by atomic mass is 9.81. The maximum absolute atomic E-state index is 7.78. The molecular weight excluding hydrogens is 961 g/mol. The van der Waals surface area contributed by atoms with Crippen molar-refractivity contribution >= 4 is 0 Å². The second kappa shape index (κ2) is 17.9. The monoisotopic (exact) mass is 1040 g/mol. The Bertz CT molecular complexity index is 3650. The summed E-state index contributed by atoms with van der Waals surface area (Å²) in [6.07, 6.45) is 2.72. The summed E-state index contributed by atoms with van der Waals surface area (Å²) < 4.78 is 30.4. The standard InChI is InChI=1S/C70H82N4O4/c1-16-42-28-44-30-43-33-49(64(3,4)5)17-18-52(43)75-37-67(12)53-19-21-55(71-53)68(13)38-76-61-41(2)27-50(65(6,7)8)34-46(61)32-48-36-51(66(9,10)11)35-47-31-45(29-42)62(44)77-39-69(14,57-22-20-54(67)72-57)58-25-26-60(74-58)70(15,40-78-63(47)48)59-24-23-56(68)73-59/h17-29,33-36,71-74H,16,30-32,37-40H2,1-15H3. The number of H-pyrrole nitrogens is 4. The van der Waals surface area contributed by atoms with Crippen LogP contribution in [-0.2, 0) is 63.6 Å². The number of hydrogen-bond donors (Lipinski definition) is 4. The number of aryl methyl sites for hydroxylation is 2. The SMILES string of the molecule is CCc1cc2c3c(c1)Cc1cc(C(C)(C)C)cc4c1OCC1(C)c5ccc([nH]5)C(C)(COc5c(C)cc(C(C)(C)C)cc5C4)c4ccc([nH]4)C(C)(COc4ccc(C(C)(C)C)cc4C2)c2ccc([nH]2)C(C)(CO3)c2ccc1[nH]2. The first-order valence-corrected chi connectivity index (χ1v) is 28.7. The van der Waals surface area contributed by atoms with E-state index in [1.54, 1.807) is 0 Å². The molecule has 4 atom stereocenters. The molecule has 78 heavy (non-hydrogen) atoms. The van der Waals surface area contributed by atoms with Crippen LogP contribution in [0.15, 0.2) is 103 Å². The van der Waals surface area contributed by atoms with E-state index in [-0.39, 0.29) is 16.2 Å². The van der Waals surface area contributed by atoms with Crippen molar-refractivity contribution in [1.82, 2.24) is 19.9 Å². The quantitative estimate of drug-likeness (QED) is 0.132. The molecule has 12 rings (SSSR count). The second-order valence-electron chi connectivity index (χ2n) is 27.7. The Morgan fingerprint density at radius 3 is 1.05 bits per heavy atom. The zero-order valence-electron chi connectivity index (χ0n) is 49.1. The first-order chi connectivity index (χ1) is 36.8. The third-order valence-corrected chi connectivity index (χ3v) is 18.6. The number of hydrogen-bond acceptors (Lipinski definition) is 4. The molecule has 0 saturated heterocycles. The van der Waals surface area contributed by atoms with Gasteiger partial charge in [-0.15, -0.1) is 0 Å². The molecule has 4 unspecified atom stereocenters. The van der Waals surface area contributed by atoms with E-state index in [2.05, 4.69) is 227 Å². The van der Waals surface area contributed by atoms with Gasteiger partial charge in [0.15, 0.2) is 0 Å². The Kier molecular flexibility index (Phi) is 11.9. The van der Waals surface area contributed by atoms with Crippen LogP contribution < -0.4 is 18.9 Å². The Morgan fingerprint density at radius 2 is 0.679 bits per heavy atom. The molecule has 4 N–H and O–H groups in total. The predicted octanol–water partition coefficient (Wildman–Crippen LogP) is 15.3. The van der Waals surface area contributed by atoms with Crippen LogP contribution in [0.25, 0.3) is 0 Å². The van der Waals surface area contributed by atoms with Crippen molar-refractivity contribution in [3.63, 3.8) is 0 Å². The van der Waals surface area contributed by atoms with Gasteiger partial charge in [-0.05, 0) is 173 Å². The van der Waals surface area contributed by atoms with Crippen LogP contribution in [-0.4, -0.2) is 46.4 Å². The molecule has 0 fully saturated rings. The summed E-state index contributed by atoms with van der Waals surface area (Å²) >= 11 is 0. The molecule has 0 spiro atoms. The van der Waals surface area contributed by atoms with Crippen molar-refractivity contribution in [3.8, 4) is 23.0 Å². The molecule has 4 aromatic carbocycles. The van der Waals surface area contributed by atoms with Gasteiger partial charge in [0, 0.05) is 64.8 Å². The predicted molar refractivity (Wildman–Crippen MR) is 315 cm³/mol. The Hall–Kier alpha value is -6.80. The summed E-state index contributed by atoms with van der Waals surface area (Å²) in [6.45, 7) is 36.1. The largest absolute Gasteiger partial charge is 0.492 e. The van der Waals surface area contributed by atoms with Crippen LogP contribution in [0, 0.1) is 6.92 Å². The van der Waals surface area contributed by atoms with Crippen LogP contribution >= 0.6 is 0 Å². The number of ether oxygens (including phenoxy) is 4. The maximum atomic E-state index is 7.78. The van der Waals surface area contributed by atoms with E-state index < -0.39 is 21.7 Å². The minimum Gasteiger partial charge on any atom is -0.492 e. The van der Waals surface area contributed by atoms with Gasteiger partial charge in [0.05, 0.1) is 21.7 Å². The molecule has 8 heteroatoms. The van der Waals surface area contributed by atoms with E-state index >= 15 is 0 Å². The van der Waals surface area contributed by atoms with Gasteiger partial charge in [-0.1, -0.05) is 118 Å². The molecule has 0 saturated carbocycles. The van der Waals surface area contributed by atoms with Crippen molar-refractivity contribution < 1.29 is 18.9 Å². The van der Waals surface area contributed by atoms with Crippen molar-refractivity contribution in [3.05, 3.63) is 210 Å². The molecule has 0 aliphatic carbocycles. The molecule has 8 nitrogen and oxygen atoms in total. The van der Waals surface area contributed by atoms with Crippen molar-refractivity contribution in [2.45, 2.75) is 167 Å². The maximum Gasteiger partial charge on any atom is 0.126 e. The van der Waals surface area contributed by atoms with Crippen LogP contribution in [0.2, 0.25) is 0 Å². The first-order valence-electron chi connectivity index (χ1n) is 28.7. The van der Waals surface area contributed by atoms with Gasteiger partial charge in [-0.2, -0.15) is 0 Å². The zero-order chi connectivity index (χ0) is 55.1. The number of rotatable bonds is 1. The van der Waals surface area contributed by atoms with E-state index in [9.17, 15) is 0 Å². The lowest BCUT2D eigenvalue weighted by Crippen LogP contribution is -2.37. The fourth-order valence-corrected chi connectivity index (χ4v) is 12.9. The van der Waals surface area contributed by atoms with Crippen LogP contribution in [0.3, 0.4) is 0 Å². The van der Waals surface area contributed by atoms with Gasteiger partial charge < -0.3 is 38.9 Å². The number of aromatic nitrogens is 4. The Morgan fingerprint density at radius 1 is 0.372 bits per heavy atom. The van der Waals surface area contributed by atoms with E-state index in [1.165, 1.54) is 22.3 Å². The van der Waals surface area contributed by atoms with E-state index in [0.717, 1.165) is 114 Å². The minimum absolute atomic E-state index is 0.0847. The average Bonchev–Trinajstić information content (AvgIpc) is 4.32. The van der Waals surface area contributed by atoms with E-state index in [0.29, 0.717) is 45.7 Å². The molecule has 14 bridgehead atoms. The molecule has 4 aromatic heterocycles. The number of fused-ring (bicyclic) bond motifs is 8. The van der Waals surface area contributed by atoms with Gasteiger partial charge in [-0.3, -0.25) is 0 Å². The number of aromatic amines is 4.